The van der Waals surface area contributed by atoms with Gasteiger partial charge in [-0.3, -0.25) is 4.79 Å². The second-order valence-electron chi connectivity index (χ2n) is 4.73. The highest BCUT2D eigenvalue weighted by Crippen LogP contribution is 2.17. The van der Waals surface area contributed by atoms with E-state index in [0.717, 1.165) is 28.7 Å². The van der Waals surface area contributed by atoms with Crippen molar-refractivity contribution in [3.63, 3.8) is 0 Å². The van der Waals surface area contributed by atoms with E-state index in [0.29, 0.717) is 11.4 Å². The average Bonchev–Trinajstić information content (AvgIpc) is 2.49. The summed E-state index contributed by atoms with van der Waals surface area (Å²) in [6, 6.07) is 11.3. The fourth-order valence-corrected chi connectivity index (χ4v) is 2.24. The molecule has 0 aliphatic rings. The van der Waals surface area contributed by atoms with E-state index >= 15 is 0 Å². The van der Waals surface area contributed by atoms with Crippen molar-refractivity contribution in [1.29, 1.82) is 0 Å². The predicted octanol–water partition coefficient (Wildman–Crippen LogP) is 3.17. The van der Waals surface area contributed by atoms with Crippen molar-refractivity contribution < 1.29 is 4.79 Å². The highest BCUT2D eigenvalue weighted by Gasteiger charge is 2.11. The molecular weight excluding hydrogens is 330 g/mol. The summed E-state index contributed by atoms with van der Waals surface area (Å²) in [5, 5.41) is 5.95. The number of pyridine rings is 1. The zero-order valence-electron chi connectivity index (χ0n) is 12.1. The van der Waals surface area contributed by atoms with Crippen molar-refractivity contribution in [3.05, 3.63) is 57.7 Å². The summed E-state index contributed by atoms with van der Waals surface area (Å²) < 4.78 is 0.926. The molecule has 0 saturated carbocycles. The number of likely N-dealkylation sites (N-methyl/N-ethyl adjacent to an activating group) is 1. The SMILES string of the molecule is CNCCc1ccccc1C(=O)Nc1ccc(Br)c(C)n1. The lowest BCUT2D eigenvalue weighted by Gasteiger charge is -2.10. The minimum Gasteiger partial charge on any atom is -0.319 e. The lowest BCUT2D eigenvalue weighted by Crippen LogP contribution is -2.17. The van der Waals surface area contributed by atoms with Crippen LogP contribution in [0.25, 0.3) is 0 Å². The van der Waals surface area contributed by atoms with Crippen LogP contribution >= 0.6 is 15.9 Å². The van der Waals surface area contributed by atoms with Gasteiger partial charge in [-0.25, -0.2) is 4.98 Å². The zero-order valence-corrected chi connectivity index (χ0v) is 13.7. The normalized spacial score (nSPS) is 10.4. The van der Waals surface area contributed by atoms with E-state index in [4.69, 9.17) is 0 Å². The fraction of sp³-hybridized carbons (Fsp3) is 0.250. The third-order valence-electron chi connectivity index (χ3n) is 3.17. The van der Waals surface area contributed by atoms with Crippen LogP contribution in [-0.2, 0) is 6.42 Å². The number of amides is 1. The van der Waals surface area contributed by atoms with Crippen LogP contribution in [0.1, 0.15) is 21.6 Å². The first-order valence-electron chi connectivity index (χ1n) is 6.79. The molecule has 2 rings (SSSR count). The number of hydrogen-bond donors (Lipinski definition) is 2. The van der Waals surface area contributed by atoms with E-state index in [2.05, 4.69) is 31.5 Å². The van der Waals surface area contributed by atoms with Gasteiger partial charge < -0.3 is 10.6 Å². The van der Waals surface area contributed by atoms with Gasteiger partial charge >= 0.3 is 0 Å². The van der Waals surface area contributed by atoms with Crippen LogP contribution in [0.2, 0.25) is 0 Å². The lowest BCUT2D eigenvalue weighted by molar-refractivity contribution is 0.102. The smallest absolute Gasteiger partial charge is 0.257 e. The molecule has 0 spiro atoms. The third-order valence-corrected chi connectivity index (χ3v) is 4.01. The van der Waals surface area contributed by atoms with Crippen LogP contribution in [0, 0.1) is 6.92 Å². The first-order chi connectivity index (χ1) is 10.1. The molecule has 4 nitrogen and oxygen atoms in total. The molecule has 1 aromatic heterocycles. The number of benzene rings is 1. The van der Waals surface area contributed by atoms with Crippen molar-refractivity contribution in [2.75, 3.05) is 18.9 Å². The number of aryl methyl sites for hydroxylation is 1. The molecule has 2 N–H and O–H groups in total. The van der Waals surface area contributed by atoms with Gasteiger partial charge in [-0.05, 0) is 66.6 Å². The minimum absolute atomic E-state index is 0.129. The molecule has 110 valence electrons. The molecule has 5 heteroatoms. The lowest BCUT2D eigenvalue weighted by atomic mass is 10.0. The van der Waals surface area contributed by atoms with Crippen LogP contribution in [0.5, 0.6) is 0 Å². The molecule has 0 atom stereocenters. The van der Waals surface area contributed by atoms with Gasteiger partial charge in [-0.2, -0.15) is 0 Å². The van der Waals surface area contributed by atoms with Gasteiger partial charge in [0, 0.05) is 10.0 Å². The molecular formula is C16H18BrN3O. The summed E-state index contributed by atoms with van der Waals surface area (Å²) in [5.41, 5.74) is 2.56. The summed E-state index contributed by atoms with van der Waals surface area (Å²) >= 11 is 3.40. The van der Waals surface area contributed by atoms with Crippen LogP contribution in [-0.4, -0.2) is 24.5 Å². The number of halogens is 1. The van der Waals surface area contributed by atoms with Gasteiger partial charge in [0.1, 0.15) is 5.82 Å². The Morgan fingerprint density at radius 3 is 2.71 bits per heavy atom. The van der Waals surface area contributed by atoms with Crippen LogP contribution in [0.15, 0.2) is 40.9 Å². The molecule has 0 radical (unpaired) electrons. The van der Waals surface area contributed by atoms with Gasteiger partial charge in [0.15, 0.2) is 0 Å². The van der Waals surface area contributed by atoms with E-state index in [1.54, 1.807) is 6.07 Å². The van der Waals surface area contributed by atoms with Crippen molar-refractivity contribution >= 4 is 27.7 Å². The Kier molecular flexibility index (Phi) is 5.47. The molecule has 1 aromatic carbocycles. The Morgan fingerprint density at radius 1 is 1.24 bits per heavy atom. The van der Waals surface area contributed by atoms with Crippen molar-refractivity contribution in [3.8, 4) is 0 Å². The molecule has 0 bridgehead atoms. The topological polar surface area (TPSA) is 54.0 Å². The van der Waals surface area contributed by atoms with E-state index in [-0.39, 0.29) is 5.91 Å². The summed E-state index contributed by atoms with van der Waals surface area (Å²) in [5.74, 6) is 0.431. The number of nitrogens with one attached hydrogen (secondary N) is 2. The standard InChI is InChI=1S/C16H18BrN3O/c1-11-14(17)7-8-15(19-11)20-16(21)13-6-4-3-5-12(13)9-10-18-2/h3-8,18H,9-10H2,1-2H3,(H,19,20,21). The summed E-state index contributed by atoms with van der Waals surface area (Å²) in [7, 11) is 1.90. The molecule has 1 amide bonds. The van der Waals surface area contributed by atoms with Gasteiger partial charge in [0.05, 0.1) is 5.69 Å². The van der Waals surface area contributed by atoms with Crippen LogP contribution < -0.4 is 10.6 Å². The van der Waals surface area contributed by atoms with E-state index in [1.165, 1.54) is 0 Å². The van der Waals surface area contributed by atoms with E-state index in [9.17, 15) is 4.79 Å². The summed E-state index contributed by atoms with van der Waals surface area (Å²) in [6.07, 6.45) is 0.812. The number of carbonyl (C=O) groups is 1. The Balaban J connectivity index is 2.18. The number of anilines is 1. The largest absolute Gasteiger partial charge is 0.319 e. The van der Waals surface area contributed by atoms with Crippen LogP contribution in [0.4, 0.5) is 5.82 Å². The number of hydrogen-bond acceptors (Lipinski definition) is 3. The van der Waals surface area contributed by atoms with E-state index < -0.39 is 0 Å². The molecule has 0 saturated heterocycles. The van der Waals surface area contributed by atoms with Gasteiger partial charge in [-0.15, -0.1) is 0 Å². The van der Waals surface area contributed by atoms with Gasteiger partial charge in [0.2, 0.25) is 0 Å². The minimum atomic E-state index is -0.129. The Morgan fingerprint density at radius 2 is 2.00 bits per heavy atom. The zero-order chi connectivity index (χ0) is 15.2. The summed E-state index contributed by atoms with van der Waals surface area (Å²) in [6.45, 7) is 2.72. The maximum absolute atomic E-state index is 12.4. The number of carbonyl (C=O) groups excluding carboxylic acids is 1. The van der Waals surface area contributed by atoms with Gasteiger partial charge in [0.25, 0.3) is 5.91 Å². The highest BCUT2D eigenvalue weighted by molar-refractivity contribution is 9.10. The van der Waals surface area contributed by atoms with Gasteiger partial charge in [-0.1, -0.05) is 18.2 Å². The molecule has 0 aliphatic carbocycles. The molecule has 2 aromatic rings. The maximum Gasteiger partial charge on any atom is 0.257 e. The maximum atomic E-state index is 12.4. The fourth-order valence-electron chi connectivity index (χ4n) is 2.02. The second kappa shape index (κ2) is 7.33. The Hall–Kier alpha value is -1.72. The molecule has 1 heterocycles. The number of aromatic nitrogens is 1. The Bertz CT molecular complexity index is 643. The highest BCUT2D eigenvalue weighted by atomic mass is 79.9. The van der Waals surface area contributed by atoms with E-state index in [1.807, 2.05) is 44.3 Å². The van der Waals surface area contributed by atoms with Crippen LogP contribution in [0.3, 0.4) is 0 Å². The van der Waals surface area contributed by atoms with Crippen molar-refractivity contribution in [2.24, 2.45) is 0 Å². The monoisotopic (exact) mass is 347 g/mol. The Labute approximate surface area is 133 Å². The first-order valence-corrected chi connectivity index (χ1v) is 7.58. The molecule has 21 heavy (non-hydrogen) atoms. The average molecular weight is 348 g/mol. The second-order valence-corrected chi connectivity index (χ2v) is 5.58. The van der Waals surface area contributed by atoms with Crippen molar-refractivity contribution in [1.82, 2.24) is 10.3 Å². The number of rotatable bonds is 5. The quantitative estimate of drug-likeness (QED) is 0.873. The predicted molar refractivity (Wildman–Crippen MR) is 88.7 cm³/mol. The summed E-state index contributed by atoms with van der Waals surface area (Å²) in [4.78, 5) is 16.7. The molecule has 0 unspecified atom stereocenters. The number of nitrogens with zero attached hydrogens (tertiary/aromatic N) is 1. The van der Waals surface area contributed by atoms with Crippen molar-refractivity contribution in [2.45, 2.75) is 13.3 Å². The molecule has 0 aliphatic heterocycles. The third kappa shape index (κ3) is 4.12. The first kappa shape index (κ1) is 15.7. The molecule has 0 fully saturated rings.